The highest BCUT2D eigenvalue weighted by Gasteiger charge is 2.40. The molecule has 0 aliphatic heterocycles. The maximum Gasteiger partial charge on any atom is 0.500 e. The Hall–Kier alpha value is -1.97. The quantitative estimate of drug-likeness (QED) is 0.0950. The van der Waals surface area contributed by atoms with Crippen molar-refractivity contribution in [3.8, 4) is 11.5 Å². The van der Waals surface area contributed by atoms with Gasteiger partial charge in [0.15, 0.2) is 0 Å². The van der Waals surface area contributed by atoms with E-state index in [1.165, 1.54) is 0 Å². The van der Waals surface area contributed by atoms with Crippen LogP contribution in [0.4, 0.5) is 11.4 Å². The van der Waals surface area contributed by atoms with Crippen molar-refractivity contribution < 1.29 is 31.3 Å². The normalized spacial score (nSPS) is 12.0. The van der Waals surface area contributed by atoms with Crippen molar-refractivity contribution in [2.75, 3.05) is 63.4 Å². The fraction of sp³-hybridized carbons (Fsp3) is 0.600. The number of benzene rings is 2. The number of hydrogen-bond acceptors (Lipinski definition) is 9. The first-order chi connectivity index (χ1) is 20.0. The smallest absolute Gasteiger partial charge is 0.457 e. The van der Waals surface area contributed by atoms with E-state index in [2.05, 4.69) is 10.6 Å². The van der Waals surface area contributed by atoms with Crippen LogP contribution >= 0.6 is 0 Å². The second kappa shape index (κ2) is 20.0. The lowest BCUT2D eigenvalue weighted by Crippen LogP contribution is -2.46. The van der Waals surface area contributed by atoms with Crippen molar-refractivity contribution in [1.29, 1.82) is 0 Å². The molecule has 0 fully saturated rings. The average Bonchev–Trinajstić information content (AvgIpc) is 2.96. The molecule has 9 nitrogen and oxygen atoms in total. The van der Waals surface area contributed by atoms with Crippen LogP contribution in [0.5, 0.6) is 11.5 Å². The Bertz CT molecular complexity index is 826. The minimum absolute atomic E-state index is 0.598. The fourth-order valence-corrected chi connectivity index (χ4v) is 9.72. The molecule has 0 saturated carbocycles. The lowest BCUT2D eigenvalue weighted by molar-refractivity contribution is 0.0702. The Morgan fingerprint density at radius 1 is 0.463 bits per heavy atom. The molecule has 11 heteroatoms. The highest BCUT2D eigenvalue weighted by atomic mass is 28.4. The highest BCUT2D eigenvalue weighted by Crippen LogP contribution is 2.25. The van der Waals surface area contributed by atoms with Gasteiger partial charge < -0.3 is 41.9 Å². The first-order valence-corrected chi connectivity index (χ1v) is 19.0. The SMILES string of the molecule is CCO[Si](CCCNc1ccc(Oc2ccc(NCCC[Si](OCC)(OCC)OCC)cc2)cc1)(OCC)OCC. The molecule has 0 aromatic heterocycles. The lowest BCUT2D eigenvalue weighted by Gasteiger charge is -2.28. The van der Waals surface area contributed by atoms with Crippen LogP contribution in [-0.4, -0.2) is 70.3 Å². The third-order valence-corrected chi connectivity index (χ3v) is 12.4. The maximum atomic E-state index is 6.05. The van der Waals surface area contributed by atoms with Crippen LogP contribution in [0, 0.1) is 0 Å². The Morgan fingerprint density at radius 2 is 0.756 bits per heavy atom. The van der Waals surface area contributed by atoms with Gasteiger partial charge in [-0.2, -0.15) is 0 Å². The molecule has 0 bridgehead atoms. The van der Waals surface area contributed by atoms with Crippen LogP contribution in [0.25, 0.3) is 0 Å². The summed E-state index contributed by atoms with van der Waals surface area (Å²) in [5.41, 5.74) is 2.08. The van der Waals surface area contributed by atoms with Gasteiger partial charge in [-0.25, -0.2) is 0 Å². The molecule has 2 aromatic rings. The minimum atomic E-state index is -2.60. The predicted octanol–water partition coefficient (Wildman–Crippen LogP) is 7.18. The van der Waals surface area contributed by atoms with Crippen LogP contribution in [-0.2, 0) is 26.6 Å². The molecule has 2 aromatic carbocycles. The van der Waals surface area contributed by atoms with Crippen LogP contribution < -0.4 is 15.4 Å². The van der Waals surface area contributed by atoms with E-state index < -0.39 is 17.6 Å². The van der Waals surface area contributed by atoms with Crippen LogP contribution in [0.15, 0.2) is 48.5 Å². The summed E-state index contributed by atoms with van der Waals surface area (Å²) < 4.78 is 41.7. The van der Waals surface area contributed by atoms with Gasteiger partial charge in [0.1, 0.15) is 11.5 Å². The molecule has 232 valence electrons. The molecule has 0 aliphatic rings. The number of rotatable bonds is 24. The fourth-order valence-electron chi connectivity index (χ4n) is 4.50. The highest BCUT2D eigenvalue weighted by molar-refractivity contribution is 6.61. The van der Waals surface area contributed by atoms with Crippen molar-refractivity contribution >= 4 is 29.0 Å². The summed E-state index contributed by atoms with van der Waals surface area (Å²) in [5, 5.41) is 6.93. The summed E-state index contributed by atoms with van der Waals surface area (Å²) in [6, 6.07) is 17.6. The summed E-state index contributed by atoms with van der Waals surface area (Å²) in [6.45, 7) is 17.1. The molecule has 0 amide bonds. The van der Waals surface area contributed by atoms with Gasteiger partial charge >= 0.3 is 17.6 Å². The Morgan fingerprint density at radius 3 is 1.02 bits per heavy atom. The van der Waals surface area contributed by atoms with Gasteiger partial charge in [-0.3, -0.25) is 0 Å². The second-order valence-corrected chi connectivity index (χ2v) is 14.6. The van der Waals surface area contributed by atoms with Gasteiger partial charge in [0, 0.05) is 76.2 Å². The van der Waals surface area contributed by atoms with E-state index >= 15 is 0 Å². The molecule has 0 aliphatic carbocycles. The van der Waals surface area contributed by atoms with E-state index in [4.69, 9.17) is 31.3 Å². The molecule has 0 saturated heterocycles. The van der Waals surface area contributed by atoms with Gasteiger partial charge in [0.05, 0.1) is 0 Å². The number of nitrogens with one attached hydrogen (secondary N) is 2. The van der Waals surface area contributed by atoms with Gasteiger partial charge in [0.2, 0.25) is 0 Å². The summed E-state index contributed by atoms with van der Waals surface area (Å²) in [6.07, 6.45) is 1.80. The third kappa shape index (κ3) is 12.8. The molecule has 0 atom stereocenters. The van der Waals surface area contributed by atoms with E-state index in [0.29, 0.717) is 39.6 Å². The standard InChI is InChI=1S/C30H52N2O7Si2/c1-7-33-40(34-8-2,35-9-3)25-13-23-31-27-15-19-29(20-16-27)39-30-21-17-28(18-22-30)32-24-14-26-41(36-10-4,37-11-5)38-12-6/h15-22,31-32H,7-14,23-26H2,1-6H3. The summed E-state index contributed by atoms with van der Waals surface area (Å²) in [5.74, 6) is 1.58. The molecule has 0 unspecified atom stereocenters. The van der Waals surface area contributed by atoms with Crippen molar-refractivity contribution in [3.05, 3.63) is 48.5 Å². The maximum absolute atomic E-state index is 6.05. The van der Waals surface area contributed by atoms with Crippen molar-refractivity contribution in [3.63, 3.8) is 0 Å². The van der Waals surface area contributed by atoms with E-state index in [0.717, 1.165) is 60.9 Å². The van der Waals surface area contributed by atoms with E-state index in [1.54, 1.807) is 0 Å². The van der Waals surface area contributed by atoms with Crippen LogP contribution in [0.1, 0.15) is 54.4 Å². The monoisotopic (exact) mass is 608 g/mol. The molecule has 0 heterocycles. The van der Waals surface area contributed by atoms with Crippen molar-refractivity contribution in [2.24, 2.45) is 0 Å². The zero-order valence-electron chi connectivity index (χ0n) is 26.0. The Labute approximate surface area is 249 Å². The van der Waals surface area contributed by atoms with E-state index in [9.17, 15) is 0 Å². The summed E-state index contributed by atoms with van der Waals surface area (Å²) in [7, 11) is -5.19. The van der Waals surface area contributed by atoms with Crippen molar-refractivity contribution in [2.45, 2.75) is 66.5 Å². The zero-order valence-corrected chi connectivity index (χ0v) is 28.0. The van der Waals surface area contributed by atoms with Gasteiger partial charge in [0.25, 0.3) is 0 Å². The van der Waals surface area contributed by atoms with Crippen LogP contribution in [0.2, 0.25) is 12.1 Å². The summed E-state index contributed by atoms with van der Waals surface area (Å²) >= 11 is 0. The van der Waals surface area contributed by atoms with Gasteiger partial charge in [-0.1, -0.05) is 0 Å². The number of hydrogen-bond donors (Lipinski definition) is 2. The topological polar surface area (TPSA) is 88.7 Å². The first-order valence-electron chi connectivity index (χ1n) is 15.2. The molecular formula is C30H52N2O7Si2. The molecule has 2 rings (SSSR count). The van der Waals surface area contributed by atoms with E-state index in [1.807, 2.05) is 90.1 Å². The van der Waals surface area contributed by atoms with Gasteiger partial charge in [-0.15, -0.1) is 0 Å². The molecule has 0 radical (unpaired) electrons. The number of anilines is 2. The summed E-state index contributed by atoms with van der Waals surface area (Å²) in [4.78, 5) is 0. The number of ether oxygens (including phenoxy) is 1. The third-order valence-electron chi connectivity index (χ3n) is 6.11. The average molecular weight is 609 g/mol. The molecule has 0 spiro atoms. The predicted molar refractivity (Wildman–Crippen MR) is 170 cm³/mol. The van der Waals surface area contributed by atoms with E-state index in [-0.39, 0.29) is 0 Å². The van der Waals surface area contributed by atoms with Crippen molar-refractivity contribution in [1.82, 2.24) is 0 Å². The molecule has 41 heavy (non-hydrogen) atoms. The van der Waals surface area contributed by atoms with Gasteiger partial charge in [-0.05, 0) is 103 Å². The lowest BCUT2D eigenvalue weighted by atomic mass is 10.2. The second-order valence-electron chi connectivity index (χ2n) is 9.18. The Balaban J connectivity index is 1.77. The largest absolute Gasteiger partial charge is 0.500 e. The minimum Gasteiger partial charge on any atom is -0.457 e. The zero-order chi connectivity index (χ0) is 29.8. The first kappa shape index (κ1) is 35.2. The molecular weight excluding hydrogens is 557 g/mol. The molecule has 2 N–H and O–H groups in total. The van der Waals surface area contributed by atoms with Crippen LogP contribution in [0.3, 0.4) is 0 Å². The Kier molecular flexibility index (Phi) is 17.2.